The van der Waals surface area contributed by atoms with Gasteiger partial charge in [-0.25, -0.2) is 13.1 Å². The van der Waals surface area contributed by atoms with Gasteiger partial charge in [0.25, 0.3) is 0 Å². The summed E-state index contributed by atoms with van der Waals surface area (Å²) in [4.78, 5) is 2.86. The Bertz CT molecular complexity index is 670. The van der Waals surface area contributed by atoms with Crippen LogP contribution < -0.4 is 9.46 Å². The van der Waals surface area contributed by atoms with Crippen molar-refractivity contribution in [2.75, 3.05) is 26.2 Å². The lowest BCUT2D eigenvalue weighted by Gasteiger charge is -2.15. The van der Waals surface area contributed by atoms with Crippen LogP contribution in [0.15, 0.2) is 23.1 Å². The van der Waals surface area contributed by atoms with Crippen molar-refractivity contribution in [2.45, 2.75) is 36.6 Å². The van der Waals surface area contributed by atoms with Crippen LogP contribution in [-0.4, -0.2) is 45.6 Å². The third-order valence-corrected chi connectivity index (χ3v) is 6.34. The van der Waals surface area contributed by atoms with E-state index in [2.05, 4.69) is 9.62 Å². The van der Waals surface area contributed by atoms with E-state index in [9.17, 15) is 8.42 Å². The summed E-state index contributed by atoms with van der Waals surface area (Å²) >= 11 is 0. The fourth-order valence-electron chi connectivity index (χ4n) is 3.44. The molecule has 0 aromatic heterocycles. The maximum atomic E-state index is 12.5. The van der Waals surface area contributed by atoms with Crippen molar-refractivity contribution in [3.05, 3.63) is 23.8 Å². The van der Waals surface area contributed by atoms with Gasteiger partial charge in [-0.2, -0.15) is 0 Å². The van der Waals surface area contributed by atoms with Crippen LogP contribution in [-0.2, 0) is 16.4 Å². The molecule has 1 saturated carbocycles. The topological polar surface area (TPSA) is 58.6 Å². The molecule has 2 fully saturated rings. The predicted octanol–water partition coefficient (Wildman–Crippen LogP) is 1.38. The molecule has 1 aromatic carbocycles. The minimum atomic E-state index is -3.42. The number of hydrogen-bond donors (Lipinski definition) is 1. The maximum absolute atomic E-state index is 12.5. The molecule has 120 valence electrons. The average Bonchev–Trinajstić information content (AvgIpc) is 3.08. The number of likely N-dealkylation sites (tertiary alicyclic amines) is 1. The summed E-state index contributed by atoms with van der Waals surface area (Å²) in [6.45, 7) is 3.34. The maximum Gasteiger partial charge on any atom is 0.240 e. The third kappa shape index (κ3) is 2.87. The monoisotopic (exact) mass is 322 g/mol. The Morgan fingerprint density at radius 1 is 1.27 bits per heavy atom. The number of hydrogen-bond acceptors (Lipinski definition) is 4. The molecule has 0 bridgehead atoms. The summed E-state index contributed by atoms with van der Waals surface area (Å²) in [5, 5.41) is 0. The first-order chi connectivity index (χ1) is 10.6. The Labute approximate surface area is 131 Å². The molecule has 1 N–H and O–H groups in total. The lowest BCUT2D eigenvalue weighted by Crippen LogP contribution is -2.31. The van der Waals surface area contributed by atoms with Gasteiger partial charge in [-0.1, -0.05) is 0 Å². The fraction of sp³-hybridized carbons (Fsp3) is 0.625. The molecular formula is C16H22N2O3S. The van der Waals surface area contributed by atoms with Gasteiger partial charge in [-0.05, 0) is 55.5 Å². The molecule has 2 heterocycles. The smallest absolute Gasteiger partial charge is 0.240 e. The van der Waals surface area contributed by atoms with Gasteiger partial charge in [0.05, 0.1) is 11.5 Å². The molecule has 1 unspecified atom stereocenters. The molecule has 22 heavy (non-hydrogen) atoms. The Morgan fingerprint density at radius 2 is 2.14 bits per heavy atom. The van der Waals surface area contributed by atoms with Crippen molar-refractivity contribution in [2.24, 2.45) is 5.92 Å². The van der Waals surface area contributed by atoms with Crippen molar-refractivity contribution >= 4 is 10.0 Å². The van der Waals surface area contributed by atoms with Crippen LogP contribution in [0, 0.1) is 5.92 Å². The zero-order valence-corrected chi connectivity index (χ0v) is 13.4. The second-order valence-electron chi connectivity index (χ2n) is 6.60. The minimum Gasteiger partial charge on any atom is -0.493 e. The highest BCUT2D eigenvalue weighted by Crippen LogP contribution is 2.32. The van der Waals surface area contributed by atoms with Gasteiger partial charge in [0, 0.05) is 25.6 Å². The van der Waals surface area contributed by atoms with Crippen molar-refractivity contribution in [1.29, 1.82) is 0 Å². The number of sulfonamides is 1. The first-order valence-electron chi connectivity index (χ1n) is 8.11. The van der Waals surface area contributed by atoms with Crippen LogP contribution in [0.3, 0.4) is 0 Å². The minimum absolute atomic E-state index is 0.355. The second kappa shape index (κ2) is 5.51. The molecule has 1 saturated heterocycles. The fourth-order valence-corrected chi connectivity index (χ4v) is 4.61. The zero-order valence-electron chi connectivity index (χ0n) is 12.6. The highest BCUT2D eigenvalue weighted by atomic mass is 32.2. The quantitative estimate of drug-likeness (QED) is 0.890. The summed E-state index contributed by atoms with van der Waals surface area (Å²) in [7, 11) is -3.42. The van der Waals surface area contributed by atoms with Crippen LogP contribution in [0.5, 0.6) is 5.75 Å². The van der Waals surface area contributed by atoms with Gasteiger partial charge < -0.3 is 9.64 Å². The molecule has 6 heteroatoms. The van der Waals surface area contributed by atoms with Gasteiger partial charge in [-0.15, -0.1) is 0 Å². The molecule has 0 spiro atoms. The molecule has 0 amide bonds. The number of rotatable bonds is 5. The van der Waals surface area contributed by atoms with Gasteiger partial charge in [-0.3, -0.25) is 0 Å². The van der Waals surface area contributed by atoms with E-state index in [1.807, 2.05) is 0 Å². The lowest BCUT2D eigenvalue weighted by atomic mass is 10.1. The number of ether oxygens (including phenoxy) is 1. The van der Waals surface area contributed by atoms with Crippen molar-refractivity contribution < 1.29 is 13.2 Å². The van der Waals surface area contributed by atoms with E-state index in [0.717, 1.165) is 43.3 Å². The Hall–Kier alpha value is -1.11. The van der Waals surface area contributed by atoms with Crippen LogP contribution in [0.1, 0.15) is 24.8 Å². The van der Waals surface area contributed by atoms with Crippen molar-refractivity contribution in [3.63, 3.8) is 0 Å². The number of fused-ring (bicyclic) bond motifs is 1. The normalized spacial score (nSPS) is 25.2. The van der Waals surface area contributed by atoms with E-state index in [-0.39, 0.29) is 0 Å². The van der Waals surface area contributed by atoms with Gasteiger partial charge in [0.2, 0.25) is 10.0 Å². The largest absolute Gasteiger partial charge is 0.493 e. The Kier molecular flexibility index (Phi) is 3.63. The predicted molar refractivity (Wildman–Crippen MR) is 83.5 cm³/mol. The molecule has 5 nitrogen and oxygen atoms in total. The summed E-state index contributed by atoms with van der Waals surface area (Å²) in [6, 6.07) is 5.92. The standard InChI is InChI=1S/C16H22N2O3S/c19-22(20,15-3-4-16-13(9-15)6-8-21-16)17-10-12-5-7-18(11-12)14-1-2-14/h3-4,9,12,14,17H,1-2,5-8,10-11H2. The molecule has 4 rings (SSSR count). The summed E-state index contributed by atoms with van der Waals surface area (Å²) in [5.41, 5.74) is 0.989. The number of nitrogens with zero attached hydrogens (tertiary/aromatic N) is 1. The first kappa shape index (κ1) is 14.5. The van der Waals surface area contributed by atoms with Crippen LogP contribution in [0.4, 0.5) is 0 Å². The lowest BCUT2D eigenvalue weighted by molar-refractivity contribution is 0.314. The number of nitrogens with one attached hydrogen (secondary N) is 1. The van der Waals surface area contributed by atoms with Crippen LogP contribution in [0.25, 0.3) is 0 Å². The van der Waals surface area contributed by atoms with E-state index < -0.39 is 10.0 Å². The Morgan fingerprint density at radius 3 is 2.95 bits per heavy atom. The highest BCUT2D eigenvalue weighted by molar-refractivity contribution is 7.89. The number of benzene rings is 1. The zero-order chi connectivity index (χ0) is 15.2. The SMILES string of the molecule is O=S(=O)(NCC1CCN(C2CC2)C1)c1ccc2c(c1)CCO2. The summed E-state index contributed by atoms with van der Waals surface area (Å²) in [5.74, 6) is 1.25. The highest BCUT2D eigenvalue weighted by Gasteiger charge is 2.34. The van der Waals surface area contributed by atoms with E-state index >= 15 is 0 Å². The van der Waals surface area contributed by atoms with Gasteiger partial charge >= 0.3 is 0 Å². The van der Waals surface area contributed by atoms with Crippen molar-refractivity contribution in [3.8, 4) is 5.75 Å². The molecule has 2 aliphatic heterocycles. The molecule has 1 aromatic rings. The van der Waals surface area contributed by atoms with Crippen LogP contribution >= 0.6 is 0 Å². The van der Waals surface area contributed by atoms with Crippen molar-refractivity contribution in [1.82, 2.24) is 9.62 Å². The molecule has 0 radical (unpaired) electrons. The van der Waals surface area contributed by atoms with E-state index in [0.29, 0.717) is 24.0 Å². The van der Waals surface area contributed by atoms with Gasteiger partial charge in [0.1, 0.15) is 5.75 Å². The van der Waals surface area contributed by atoms with E-state index in [1.54, 1.807) is 18.2 Å². The average molecular weight is 322 g/mol. The van der Waals surface area contributed by atoms with Gasteiger partial charge in [0.15, 0.2) is 0 Å². The summed E-state index contributed by atoms with van der Waals surface area (Å²) in [6.07, 6.45) is 4.51. The van der Waals surface area contributed by atoms with E-state index in [4.69, 9.17) is 4.74 Å². The first-order valence-corrected chi connectivity index (χ1v) is 9.59. The molecule has 1 aliphatic carbocycles. The molecule has 1 atom stereocenters. The van der Waals surface area contributed by atoms with E-state index in [1.165, 1.54) is 12.8 Å². The molecule has 3 aliphatic rings. The Balaban J connectivity index is 1.39. The second-order valence-corrected chi connectivity index (χ2v) is 8.37. The third-order valence-electron chi connectivity index (χ3n) is 4.91. The summed E-state index contributed by atoms with van der Waals surface area (Å²) < 4.78 is 33.1. The molecular weight excluding hydrogens is 300 g/mol. The van der Waals surface area contributed by atoms with Crippen LogP contribution in [0.2, 0.25) is 0 Å².